The molecule has 0 spiro atoms. The van der Waals surface area contributed by atoms with Crippen LogP contribution in [0.3, 0.4) is 0 Å². The molecule has 2 aromatic carbocycles. The lowest BCUT2D eigenvalue weighted by molar-refractivity contribution is -0.149. The van der Waals surface area contributed by atoms with Crippen LogP contribution in [0.15, 0.2) is 59.5 Å². The molecule has 0 bridgehead atoms. The molecule has 2 fully saturated rings. The maximum absolute atomic E-state index is 14.0. The fourth-order valence-corrected chi connectivity index (χ4v) is 6.36. The number of piperazine rings is 1. The van der Waals surface area contributed by atoms with E-state index in [-0.39, 0.29) is 68.5 Å². The van der Waals surface area contributed by atoms with Crippen molar-refractivity contribution in [1.82, 2.24) is 14.1 Å². The van der Waals surface area contributed by atoms with E-state index in [0.29, 0.717) is 17.3 Å². The van der Waals surface area contributed by atoms with Gasteiger partial charge in [-0.1, -0.05) is 44.2 Å². The van der Waals surface area contributed by atoms with Crippen molar-refractivity contribution in [1.29, 1.82) is 0 Å². The van der Waals surface area contributed by atoms with Gasteiger partial charge in [-0.15, -0.1) is 0 Å². The van der Waals surface area contributed by atoms with Crippen LogP contribution < -0.4 is 15.2 Å². The number of ether oxygens (including phenoxy) is 2. The van der Waals surface area contributed by atoms with E-state index < -0.39 is 32.6 Å². The van der Waals surface area contributed by atoms with Crippen LogP contribution >= 0.6 is 0 Å². The van der Waals surface area contributed by atoms with Crippen LogP contribution in [0.1, 0.15) is 32.3 Å². The highest BCUT2D eigenvalue weighted by atomic mass is 32.2. The first-order chi connectivity index (χ1) is 20.5. The van der Waals surface area contributed by atoms with E-state index in [1.807, 2.05) is 11.0 Å². The molecule has 0 amide bonds. The molecule has 1 aliphatic carbocycles. The van der Waals surface area contributed by atoms with Crippen molar-refractivity contribution < 1.29 is 31.5 Å². The van der Waals surface area contributed by atoms with Crippen LogP contribution in [0.4, 0.5) is 14.5 Å². The summed E-state index contributed by atoms with van der Waals surface area (Å²) >= 11 is 0. The topological polar surface area (TPSA) is 111 Å². The summed E-state index contributed by atoms with van der Waals surface area (Å²) in [6.45, 7) is 4.60. The molecule has 0 radical (unpaired) electrons. The Hall–Kier alpha value is -3.84. The first-order valence-electron chi connectivity index (χ1n) is 14.1. The van der Waals surface area contributed by atoms with E-state index >= 15 is 0 Å². The minimum absolute atomic E-state index is 0.0769. The van der Waals surface area contributed by atoms with Crippen molar-refractivity contribution in [2.45, 2.75) is 32.4 Å². The third-order valence-corrected chi connectivity index (χ3v) is 9.49. The Labute approximate surface area is 248 Å². The number of hydrogen-bond donors (Lipinski definition) is 0. The standard InChI is InChI=1S/C30H34F2N4O6S/c1-21(2)29(38)42-20-30(8-9-30)19-41-27-26(17-33-36(28(27)37)25-15-23(31)14-24(32)16-25)34-10-12-35(13-11-34)43(39,40)18-22-6-4-3-5-7-22/h3-7,14-17,21H,8-13,18-20H2,1-2H3. The molecule has 3 aromatic rings. The fraction of sp³-hybridized carbons (Fsp3) is 0.433. The Bertz CT molecular complexity index is 1620. The molecule has 230 valence electrons. The normalized spacial score (nSPS) is 16.7. The molecule has 1 aromatic heterocycles. The molecule has 0 N–H and O–H groups in total. The quantitative estimate of drug-likeness (QED) is 0.301. The van der Waals surface area contributed by atoms with Crippen LogP contribution in [0.2, 0.25) is 0 Å². The number of nitrogens with zero attached hydrogens (tertiary/aromatic N) is 4. The molecule has 43 heavy (non-hydrogen) atoms. The predicted octanol–water partition coefficient (Wildman–Crippen LogP) is 3.52. The van der Waals surface area contributed by atoms with Gasteiger partial charge in [0.2, 0.25) is 15.8 Å². The summed E-state index contributed by atoms with van der Waals surface area (Å²) in [5, 5.41) is 4.18. The van der Waals surface area contributed by atoms with Crippen molar-refractivity contribution in [3.05, 3.63) is 82.3 Å². The summed E-state index contributed by atoms with van der Waals surface area (Å²) < 4.78 is 67.9. The Morgan fingerprint density at radius 1 is 1.00 bits per heavy atom. The van der Waals surface area contributed by atoms with Gasteiger partial charge in [0.1, 0.15) is 23.9 Å². The number of halogens is 2. The van der Waals surface area contributed by atoms with Gasteiger partial charge in [-0.05, 0) is 30.5 Å². The lowest BCUT2D eigenvalue weighted by atomic mass is 10.1. The van der Waals surface area contributed by atoms with Gasteiger partial charge in [0.15, 0.2) is 0 Å². The Balaban J connectivity index is 1.38. The minimum Gasteiger partial charge on any atom is -0.485 e. The first-order valence-corrected chi connectivity index (χ1v) is 15.7. The number of benzene rings is 2. The third kappa shape index (κ3) is 7.21. The molecule has 2 aliphatic rings. The number of aromatic nitrogens is 2. The maximum atomic E-state index is 14.0. The van der Waals surface area contributed by atoms with Crippen LogP contribution in [0.5, 0.6) is 5.75 Å². The van der Waals surface area contributed by atoms with E-state index in [1.54, 1.807) is 38.1 Å². The molecule has 10 nitrogen and oxygen atoms in total. The van der Waals surface area contributed by atoms with Gasteiger partial charge in [0, 0.05) is 37.7 Å². The van der Waals surface area contributed by atoms with Gasteiger partial charge in [-0.25, -0.2) is 17.2 Å². The van der Waals surface area contributed by atoms with Gasteiger partial charge in [0.25, 0.3) is 0 Å². The molecule has 1 saturated heterocycles. The molecule has 5 rings (SSSR count). The van der Waals surface area contributed by atoms with E-state index in [1.165, 1.54) is 10.5 Å². The average molecular weight is 617 g/mol. The summed E-state index contributed by atoms with van der Waals surface area (Å²) in [6, 6.07) is 11.6. The Kier molecular flexibility index (Phi) is 8.84. The second-order valence-electron chi connectivity index (χ2n) is 11.4. The largest absolute Gasteiger partial charge is 0.485 e. The number of anilines is 1. The van der Waals surface area contributed by atoms with Gasteiger partial charge in [-0.2, -0.15) is 14.1 Å². The molecule has 13 heteroatoms. The monoisotopic (exact) mass is 616 g/mol. The first kappa shape index (κ1) is 30.6. The zero-order valence-electron chi connectivity index (χ0n) is 24.0. The van der Waals surface area contributed by atoms with Crippen molar-refractivity contribution in [2.75, 3.05) is 44.3 Å². The molecule has 1 aliphatic heterocycles. The Morgan fingerprint density at radius 2 is 1.65 bits per heavy atom. The highest BCUT2D eigenvalue weighted by Crippen LogP contribution is 2.46. The summed E-state index contributed by atoms with van der Waals surface area (Å²) in [5.41, 5.74) is -0.250. The Morgan fingerprint density at radius 3 is 2.26 bits per heavy atom. The summed E-state index contributed by atoms with van der Waals surface area (Å²) in [4.78, 5) is 27.5. The average Bonchev–Trinajstić information content (AvgIpc) is 3.75. The molecule has 0 unspecified atom stereocenters. The molecular formula is C30H34F2N4O6S. The lowest BCUT2D eigenvalue weighted by Crippen LogP contribution is -2.49. The number of carbonyl (C=O) groups is 1. The SMILES string of the molecule is CC(C)C(=O)OCC1(COc2c(N3CCN(S(=O)(=O)Cc4ccccc4)CC3)cnn(-c3cc(F)cc(F)c3)c2=O)CC1. The zero-order valence-corrected chi connectivity index (χ0v) is 24.9. The van der Waals surface area contributed by atoms with E-state index in [4.69, 9.17) is 9.47 Å². The van der Waals surface area contributed by atoms with Crippen molar-refractivity contribution in [3.63, 3.8) is 0 Å². The predicted molar refractivity (Wildman–Crippen MR) is 156 cm³/mol. The van der Waals surface area contributed by atoms with Crippen molar-refractivity contribution in [3.8, 4) is 11.4 Å². The van der Waals surface area contributed by atoms with E-state index in [0.717, 1.165) is 29.7 Å². The molecule has 0 atom stereocenters. The van der Waals surface area contributed by atoms with Crippen LogP contribution in [-0.4, -0.2) is 67.9 Å². The number of rotatable bonds is 11. The van der Waals surface area contributed by atoms with Gasteiger partial charge >= 0.3 is 11.5 Å². The molecule has 1 saturated carbocycles. The van der Waals surface area contributed by atoms with Crippen molar-refractivity contribution >= 4 is 21.7 Å². The fourth-order valence-electron chi connectivity index (χ4n) is 4.84. The van der Waals surface area contributed by atoms with Gasteiger partial charge < -0.3 is 14.4 Å². The number of sulfonamides is 1. The maximum Gasteiger partial charge on any atom is 0.316 e. The third-order valence-electron chi connectivity index (χ3n) is 7.64. The van der Waals surface area contributed by atoms with Crippen LogP contribution in [0, 0.1) is 23.0 Å². The van der Waals surface area contributed by atoms with Crippen molar-refractivity contribution in [2.24, 2.45) is 11.3 Å². The summed E-state index contributed by atoms with van der Waals surface area (Å²) in [7, 11) is -3.57. The smallest absolute Gasteiger partial charge is 0.316 e. The van der Waals surface area contributed by atoms with E-state index in [9.17, 15) is 26.8 Å². The zero-order chi connectivity index (χ0) is 30.8. The number of carbonyl (C=O) groups excluding carboxylic acids is 1. The number of esters is 1. The second kappa shape index (κ2) is 12.4. The lowest BCUT2D eigenvalue weighted by Gasteiger charge is -2.35. The molecule has 2 heterocycles. The highest BCUT2D eigenvalue weighted by molar-refractivity contribution is 7.88. The summed E-state index contributed by atoms with van der Waals surface area (Å²) in [5.74, 6) is -2.54. The van der Waals surface area contributed by atoms with Gasteiger partial charge in [-0.3, -0.25) is 9.59 Å². The highest BCUT2D eigenvalue weighted by Gasteiger charge is 2.45. The van der Waals surface area contributed by atoms with E-state index in [2.05, 4.69) is 5.10 Å². The van der Waals surface area contributed by atoms with Crippen LogP contribution in [-0.2, 0) is 25.3 Å². The second-order valence-corrected chi connectivity index (χ2v) is 13.4. The summed E-state index contributed by atoms with van der Waals surface area (Å²) in [6.07, 6.45) is 2.85. The van der Waals surface area contributed by atoms with Crippen LogP contribution in [0.25, 0.3) is 5.69 Å². The number of hydrogen-bond acceptors (Lipinski definition) is 8. The minimum atomic E-state index is -3.57. The van der Waals surface area contributed by atoms with Gasteiger partial charge in [0.05, 0.1) is 30.2 Å². The molecular weight excluding hydrogens is 582 g/mol.